The minimum atomic E-state index is -0.130. The smallest absolute Gasteiger partial charge is 0.193 e. The molecule has 0 amide bonds. The maximum absolute atomic E-state index is 12.2. The van der Waals surface area contributed by atoms with Crippen LogP contribution in [-0.4, -0.2) is 7.11 Å². The molecule has 106 valence electrons. The standard InChI is InChI=1S/C16H14N2O3/c1-20-12-2-3-13-14(19)8-15(21-16(13)7-12)9-4-10(17)6-11(18)5-9/h2-8H,17-18H2,1H3. The van der Waals surface area contributed by atoms with E-state index < -0.39 is 0 Å². The number of hydrogen-bond acceptors (Lipinski definition) is 5. The molecule has 0 aliphatic carbocycles. The third-order valence-corrected chi connectivity index (χ3v) is 3.20. The summed E-state index contributed by atoms with van der Waals surface area (Å²) in [6.07, 6.45) is 0. The summed E-state index contributed by atoms with van der Waals surface area (Å²) in [6.45, 7) is 0. The lowest BCUT2D eigenvalue weighted by Gasteiger charge is -2.06. The van der Waals surface area contributed by atoms with Gasteiger partial charge in [0.1, 0.15) is 17.1 Å². The fourth-order valence-corrected chi connectivity index (χ4v) is 2.22. The molecule has 3 aromatic rings. The van der Waals surface area contributed by atoms with E-state index in [0.29, 0.717) is 39.4 Å². The van der Waals surface area contributed by atoms with Crippen molar-refractivity contribution in [3.63, 3.8) is 0 Å². The maximum atomic E-state index is 12.2. The number of nitrogens with two attached hydrogens (primary N) is 2. The molecule has 0 bridgehead atoms. The first kappa shape index (κ1) is 13.1. The summed E-state index contributed by atoms with van der Waals surface area (Å²) < 4.78 is 10.9. The number of rotatable bonds is 2. The molecule has 4 N–H and O–H groups in total. The van der Waals surface area contributed by atoms with E-state index in [1.54, 1.807) is 43.5 Å². The second-order valence-corrected chi connectivity index (χ2v) is 4.73. The molecule has 0 fully saturated rings. The van der Waals surface area contributed by atoms with E-state index in [0.717, 1.165) is 0 Å². The number of fused-ring (bicyclic) bond motifs is 1. The van der Waals surface area contributed by atoms with Gasteiger partial charge in [0.2, 0.25) is 0 Å². The summed E-state index contributed by atoms with van der Waals surface area (Å²) in [4.78, 5) is 12.2. The van der Waals surface area contributed by atoms with E-state index in [4.69, 9.17) is 20.6 Å². The normalized spacial score (nSPS) is 10.7. The van der Waals surface area contributed by atoms with Crippen LogP contribution in [0.2, 0.25) is 0 Å². The third-order valence-electron chi connectivity index (χ3n) is 3.20. The van der Waals surface area contributed by atoms with E-state index in [9.17, 15) is 4.79 Å². The summed E-state index contributed by atoms with van der Waals surface area (Å²) in [7, 11) is 1.56. The maximum Gasteiger partial charge on any atom is 0.193 e. The Morgan fingerprint density at radius 2 is 1.71 bits per heavy atom. The Labute approximate surface area is 120 Å². The highest BCUT2D eigenvalue weighted by Gasteiger charge is 2.09. The molecule has 0 saturated heterocycles. The van der Waals surface area contributed by atoms with Crippen LogP contribution in [0.5, 0.6) is 5.75 Å². The lowest BCUT2D eigenvalue weighted by atomic mass is 10.1. The van der Waals surface area contributed by atoms with Crippen LogP contribution in [-0.2, 0) is 0 Å². The van der Waals surface area contributed by atoms with Gasteiger partial charge in [0.05, 0.1) is 12.5 Å². The SMILES string of the molecule is COc1ccc2c(=O)cc(-c3cc(N)cc(N)c3)oc2c1. The molecule has 2 aromatic carbocycles. The molecule has 5 nitrogen and oxygen atoms in total. The lowest BCUT2D eigenvalue weighted by Crippen LogP contribution is -2.01. The largest absolute Gasteiger partial charge is 0.497 e. The topological polar surface area (TPSA) is 91.5 Å². The van der Waals surface area contributed by atoms with Gasteiger partial charge < -0.3 is 20.6 Å². The van der Waals surface area contributed by atoms with Crippen LogP contribution in [0.25, 0.3) is 22.3 Å². The third kappa shape index (κ3) is 2.41. The summed E-state index contributed by atoms with van der Waals surface area (Å²) in [5.41, 5.74) is 13.6. The predicted octanol–water partition coefficient (Wildman–Crippen LogP) is 2.63. The average molecular weight is 282 g/mol. The Morgan fingerprint density at radius 1 is 1.00 bits per heavy atom. The van der Waals surface area contributed by atoms with E-state index in [1.807, 2.05) is 0 Å². The van der Waals surface area contributed by atoms with Gasteiger partial charge in [-0.15, -0.1) is 0 Å². The van der Waals surface area contributed by atoms with Gasteiger partial charge in [-0.2, -0.15) is 0 Å². The van der Waals surface area contributed by atoms with Gasteiger partial charge in [-0.25, -0.2) is 0 Å². The van der Waals surface area contributed by atoms with E-state index in [-0.39, 0.29) is 5.43 Å². The van der Waals surface area contributed by atoms with Gasteiger partial charge in [-0.3, -0.25) is 4.79 Å². The summed E-state index contributed by atoms with van der Waals surface area (Å²) in [5.74, 6) is 1.04. The molecule has 0 atom stereocenters. The Kier molecular flexibility index (Phi) is 3.02. The average Bonchev–Trinajstić information content (AvgIpc) is 2.45. The molecule has 3 rings (SSSR count). The first-order valence-corrected chi connectivity index (χ1v) is 6.35. The van der Waals surface area contributed by atoms with Crippen molar-refractivity contribution in [3.05, 3.63) is 52.7 Å². The first-order valence-electron chi connectivity index (χ1n) is 6.35. The molecule has 0 saturated carbocycles. The quantitative estimate of drug-likeness (QED) is 0.705. The fraction of sp³-hybridized carbons (Fsp3) is 0.0625. The van der Waals surface area contributed by atoms with Crippen LogP contribution < -0.4 is 21.6 Å². The van der Waals surface area contributed by atoms with E-state index in [2.05, 4.69) is 0 Å². The summed E-state index contributed by atoms with van der Waals surface area (Å²) in [6, 6.07) is 11.6. The van der Waals surface area contributed by atoms with Crippen molar-refractivity contribution in [2.75, 3.05) is 18.6 Å². The number of methoxy groups -OCH3 is 1. The Morgan fingerprint density at radius 3 is 2.38 bits per heavy atom. The van der Waals surface area contributed by atoms with Crippen molar-refractivity contribution < 1.29 is 9.15 Å². The number of hydrogen-bond donors (Lipinski definition) is 2. The van der Waals surface area contributed by atoms with Crippen molar-refractivity contribution >= 4 is 22.3 Å². The molecule has 1 heterocycles. The molecule has 0 unspecified atom stereocenters. The zero-order valence-electron chi connectivity index (χ0n) is 11.4. The first-order chi connectivity index (χ1) is 10.1. The van der Waals surface area contributed by atoms with Crippen molar-refractivity contribution in [2.45, 2.75) is 0 Å². The van der Waals surface area contributed by atoms with Crippen LogP contribution in [0.15, 0.2) is 51.7 Å². The number of nitrogen functional groups attached to an aromatic ring is 2. The minimum absolute atomic E-state index is 0.130. The van der Waals surface area contributed by atoms with Crippen molar-refractivity contribution in [2.24, 2.45) is 0 Å². The van der Waals surface area contributed by atoms with Gasteiger partial charge in [-0.1, -0.05) is 0 Å². The summed E-state index contributed by atoms with van der Waals surface area (Å²) >= 11 is 0. The van der Waals surface area contributed by atoms with Crippen molar-refractivity contribution in [3.8, 4) is 17.1 Å². The van der Waals surface area contributed by atoms with Crippen LogP contribution >= 0.6 is 0 Å². The van der Waals surface area contributed by atoms with Crippen LogP contribution in [0.3, 0.4) is 0 Å². The van der Waals surface area contributed by atoms with Crippen LogP contribution in [0.4, 0.5) is 11.4 Å². The van der Waals surface area contributed by atoms with Gasteiger partial charge >= 0.3 is 0 Å². The fourth-order valence-electron chi connectivity index (χ4n) is 2.22. The molecule has 0 aliphatic rings. The highest BCUT2D eigenvalue weighted by Crippen LogP contribution is 2.27. The van der Waals surface area contributed by atoms with Gasteiger partial charge in [0.15, 0.2) is 5.43 Å². The number of anilines is 2. The van der Waals surface area contributed by atoms with Gasteiger partial charge in [-0.05, 0) is 30.3 Å². The molecule has 1 aromatic heterocycles. The van der Waals surface area contributed by atoms with Crippen LogP contribution in [0.1, 0.15) is 0 Å². The second kappa shape index (κ2) is 4.86. The Hall–Kier alpha value is -2.95. The van der Waals surface area contributed by atoms with E-state index >= 15 is 0 Å². The van der Waals surface area contributed by atoms with Crippen molar-refractivity contribution in [1.82, 2.24) is 0 Å². The molecule has 0 aliphatic heterocycles. The number of ether oxygens (including phenoxy) is 1. The molecule has 0 spiro atoms. The lowest BCUT2D eigenvalue weighted by molar-refractivity contribution is 0.414. The Bertz CT molecular complexity index is 864. The zero-order chi connectivity index (χ0) is 15.0. The minimum Gasteiger partial charge on any atom is -0.497 e. The van der Waals surface area contributed by atoms with Crippen LogP contribution in [0, 0.1) is 0 Å². The predicted molar refractivity (Wildman–Crippen MR) is 83.3 cm³/mol. The second-order valence-electron chi connectivity index (χ2n) is 4.73. The Balaban J connectivity index is 2.25. The molecular formula is C16H14N2O3. The monoisotopic (exact) mass is 282 g/mol. The molecule has 21 heavy (non-hydrogen) atoms. The molecule has 0 radical (unpaired) electrons. The highest BCUT2D eigenvalue weighted by atomic mass is 16.5. The number of benzene rings is 2. The van der Waals surface area contributed by atoms with Gasteiger partial charge in [0.25, 0.3) is 0 Å². The van der Waals surface area contributed by atoms with E-state index in [1.165, 1.54) is 6.07 Å². The molecule has 5 heteroatoms. The highest BCUT2D eigenvalue weighted by molar-refractivity contribution is 5.80. The van der Waals surface area contributed by atoms with Crippen molar-refractivity contribution in [1.29, 1.82) is 0 Å². The summed E-state index contributed by atoms with van der Waals surface area (Å²) in [5, 5.41) is 0.497. The molecular weight excluding hydrogens is 268 g/mol. The van der Waals surface area contributed by atoms with Gasteiger partial charge in [0, 0.05) is 29.1 Å². The zero-order valence-corrected chi connectivity index (χ0v) is 11.4.